The minimum Gasteiger partial charge on any atom is -0.496 e. The van der Waals surface area contributed by atoms with Crippen molar-refractivity contribution in [3.8, 4) is 5.75 Å². The molecule has 2 rings (SSSR count). The van der Waals surface area contributed by atoms with Crippen molar-refractivity contribution in [2.75, 3.05) is 7.11 Å². The monoisotopic (exact) mass is 369 g/mol. The predicted molar refractivity (Wildman–Crippen MR) is 90.1 cm³/mol. The zero-order valence-corrected chi connectivity index (χ0v) is 14.6. The van der Waals surface area contributed by atoms with E-state index >= 15 is 0 Å². The number of nitrogens with one attached hydrogen (secondary N) is 1. The molecular weight excluding hydrogens is 354 g/mol. The molecule has 0 aliphatic heterocycles. The zero-order chi connectivity index (χ0) is 17.9. The number of methoxy groups -OCH3 is 1. The molecule has 24 heavy (non-hydrogen) atoms. The van der Waals surface area contributed by atoms with Crippen LogP contribution in [-0.2, 0) is 10.1 Å². The number of benzene rings is 2. The molecule has 128 valence electrons. The summed E-state index contributed by atoms with van der Waals surface area (Å²) >= 11 is 5.92. The summed E-state index contributed by atoms with van der Waals surface area (Å²) < 4.78 is 36.2. The van der Waals surface area contributed by atoms with Crippen molar-refractivity contribution in [1.29, 1.82) is 0 Å². The molecule has 1 unspecified atom stereocenters. The summed E-state index contributed by atoms with van der Waals surface area (Å²) in [6.45, 7) is 1.75. The van der Waals surface area contributed by atoms with Crippen molar-refractivity contribution < 1.29 is 22.5 Å². The van der Waals surface area contributed by atoms with E-state index in [1.807, 2.05) is 0 Å². The Bertz CT molecular complexity index is 849. The fourth-order valence-electron chi connectivity index (χ4n) is 2.14. The first kappa shape index (κ1) is 18.3. The highest BCUT2D eigenvalue weighted by Crippen LogP contribution is 2.24. The normalized spacial score (nSPS) is 12.5. The Balaban J connectivity index is 2.19. The Hall–Kier alpha value is -2.09. The molecule has 2 aromatic carbocycles. The average Bonchev–Trinajstić information content (AvgIpc) is 2.54. The van der Waals surface area contributed by atoms with Crippen molar-refractivity contribution >= 4 is 27.6 Å². The molecular formula is C16H16ClNO5S. The zero-order valence-electron chi connectivity index (χ0n) is 13.0. The minimum atomic E-state index is -4.24. The van der Waals surface area contributed by atoms with Crippen molar-refractivity contribution in [2.45, 2.75) is 17.9 Å². The quantitative estimate of drug-likeness (QED) is 0.790. The van der Waals surface area contributed by atoms with Crippen molar-refractivity contribution in [3.05, 3.63) is 58.6 Å². The van der Waals surface area contributed by atoms with Crippen LogP contribution in [0.5, 0.6) is 5.75 Å². The highest BCUT2D eigenvalue weighted by atomic mass is 35.5. The number of hydrogen-bond acceptors (Lipinski definition) is 4. The van der Waals surface area contributed by atoms with E-state index in [0.29, 0.717) is 21.9 Å². The smallest absolute Gasteiger partial charge is 0.294 e. The number of carbonyl (C=O) groups excluding carboxylic acids is 1. The molecule has 6 nitrogen and oxygen atoms in total. The first-order chi connectivity index (χ1) is 11.2. The minimum absolute atomic E-state index is 0.207. The molecule has 0 saturated carbocycles. The van der Waals surface area contributed by atoms with Gasteiger partial charge in [-0.05, 0) is 42.8 Å². The van der Waals surface area contributed by atoms with Crippen LogP contribution in [0.15, 0.2) is 47.4 Å². The summed E-state index contributed by atoms with van der Waals surface area (Å²) in [5.41, 5.74) is 0.975. The van der Waals surface area contributed by atoms with Crippen LogP contribution in [0.3, 0.4) is 0 Å². The van der Waals surface area contributed by atoms with E-state index in [1.54, 1.807) is 19.1 Å². The largest absolute Gasteiger partial charge is 0.496 e. The highest BCUT2D eigenvalue weighted by molar-refractivity contribution is 7.85. The molecule has 1 amide bonds. The molecule has 0 bridgehead atoms. The third-order valence-electron chi connectivity index (χ3n) is 3.43. The van der Waals surface area contributed by atoms with Crippen LogP contribution in [-0.4, -0.2) is 26.0 Å². The van der Waals surface area contributed by atoms with Crippen LogP contribution in [0, 0.1) is 0 Å². The van der Waals surface area contributed by atoms with Crippen LogP contribution in [0.4, 0.5) is 0 Å². The Morgan fingerprint density at radius 3 is 2.38 bits per heavy atom. The highest BCUT2D eigenvalue weighted by Gasteiger charge is 2.17. The van der Waals surface area contributed by atoms with Gasteiger partial charge >= 0.3 is 0 Å². The second-order valence-corrected chi connectivity index (χ2v) is 6.94. The van der Waals surface area contributed by atoms with Gasteiger partial charge in [-0.15, -0.1) is 0 Å². The Labute approximate surface area is 145 Å². The Morgan fingerprint density at radius 1 is 1.21 bits per heavy atom. The van der Waals surface area contributed by atoms with Gasteiger partial charge in [-0.3, -0.25) is 9.35 Å². The first-order valence-corrected chi connectivity index (χ1v) is 8.76. The molecule has 0 heterocycles. The van der Waals surface area contributed by atoms with Gasteiger partial charge in [0.2, 0.25) is 0 Å². The summed E-state index contributed by atoms with van der Waals surface area (Å²) in [6.07, 6.45) is 0. The van der Waals surface area contributed by atoms with E-state index in [1.165, 1.54) is 37.4 Å². The molecule has 0 aliphatic carbocycles. The molecule has 1 atom stereocenters. The molecule has 2 N–H and O–H groups in total. The van der Waals surface area contributed by atoms with Crippen LogP contribution < -0.4 is 10.1 Å². The molecule has 0 fully saturated rings. The van der Waals surface area contributed by atoms with Gasteiger partial charge in [0.1, 0.15) is 5.75 Å². The van der Waals surface area contributed by atoms with E-state index in [4.69, 9.17) is 20.9 Å². The van der Waals surface area contributed by atoms with Crippen molar-refractivity contribution in [3.63, 3.8) is 0 Å². The third kappa shape index (κ3) is 4.25. The number of carbonyl (C=O) groups is 1. The van der Waals surface area contributed by atoms with Crippen LogP contribution in [0.1, 0.15) is 28.9 Å². The number of ether oxygens (including phenoxy) is 1. The van der Waals surface area contributed by atoms with Gasteiger partial charge in [-0.2, -0.15) is 8.42 Å². The summed E-state index contributed by atoms with van der Waals surface area (Å²) in [6, 6.07) is 9.91. The molecule has 0 radical (unpaired) electrons. The lowest BCUT2D eigenvalue weighted by atomic mass is 10.1. The van der Waals surface area contributed by atoms with Gasteiger partial charge in [0.15, 0.2) is 0 Å². The fourth-order valence-corrected chi connectivity index (χ4v) is 2.80. The first-order valence-electron chi connectivity index (χ1n) is 6.94. The number of rotatable bonds is 5. The summed E-state index contributed by atoms with van der Waals surface area (Å²) in [5.74, 6) is 0.0199. The molecule has 0 spiro atoms. The lowest BCUT2D eigenvalue weighted by molar-refractivity contribution is 0.0937. The van der Waals surface area contributed by atoms with Gasteiger partial charge in [0, 0.05) is 5.02 Å². The second-order valence-electron chi connectivity index (χ2n) is 5.08. The van der Waals surface area contributed by atoms with Gasteiger partial charge in [-0.25, -0.2) is 0 Å². The molecule has 0 aromatic heterocycles. The lowest BCUT2D eigenvalue weighted by Crippen LogP contribution is -2.27. The number of hydrogen-bond donors (Lipinski definition) is 2. The van der Waals surface area contributed by atoms with E-state index in [-0.39, 0.29) is 10.8 Å². The Kier molecular flexibility index (Phi) is 5.48. The molecule has 0 saturated heterocycles. The maximum atomic E-state index is 12.4. The summed E-state index contributed by atoms with van der Waals surface area (Å²) in [5, 5.41) is 3.19. The topological polar surface area (TPSA) is 92.7 Å². The van der Waals surface area contributed by atoms with Crippen molar-refractivity contribution in [2.24, 2.45) is 0 Å². The average molecular weight is 370 g/mol. The summed E-state index contributed by atoms with van der Waals surface area (Å²) in [7, 11) is -2.79. The van der Waals surface area contributed by atoms with Crippen LogP contribution >= 0.6 is 11.6 Å². The van der Waals surface area contributed by atoms with Crippen LogP contribution in [0.25, 0.3) is 0 Å². The second kappa shape index (κ2) is 7.21. The van der Waals surface area contributed by atoms with Crippen LogP contribution in [0.2, 0.25) is 5.02 Å². The van der Waals surface area contributed by atoms with Crippen molar-refractivity contribution in [1.82, 2.24) is 5.32 Å². The standard InChI is InChI=1S/C16H16ClNO5S/c1-10(11-3-6-13(7-4-11)24(20,21)22)18-16(19)14-9-12(17)5-8-15(14)23-2/h3-10H,1-2H3,(H,18,19)(H,20,21,22). The van der Waals surface area contributed by atoms with E-state index in [9.17, 15) is 13.2 Å². The maximum Gasteiger partial charge on any atom is 0.294 e. The van der Waals surface area contributed by atoms with Gasteiger partial charge < -0.3 is 10.1 Å². The fraction of sp³-hybridized carbons (Fsp3) is 0.188. The molecule has 2 aromatic rings. The summed E-state index contributed by atoms with van der Waals surface area (Å²) in [4.78, 5) is 12.2. The number of halogens is 1. The number of amides is 1. The van der Waals surface area contributed by atoms with Gasteiger partial charge in [-0.1, -0.05) is 23.7 Å². The lowest BCUT2D eigenvalue weighted by Gasteiger charge is -2.16. The van der Waals surface area contributed by atoms with E-state index < -0.39 is 16.2 Å². The maximum absolute atomic E-state index is 12.4. The molecule has 8 heteroatoms. The van der Waals surface area contributed by atoms with Gasteiger partial charge in [0.25, 0.3) is 16.0 Å². The Morgan fingerprint density at radius 2 is 1.83 bits per heavy atom. The molecule has 0 aliphatic rings. The third-order valence-corrected chi connectivity index (χ3v) is 4.53. The SMILES string of the molecule is COc1ccc(Cl)cc1C(=O)NC(C)c1ccc(S(=O)(=O)O)cc1. The predicted octanol–water partition coefficient (Wildman–Crippen LogP) is 3.09. The van der Waals surface area contributed by atoms with E-state index in [2.05, 4.69) is 5.32 Å². The van der Waals surface area contributed by atoms with E-state index in [0.717, 1.165) is 0 Å². The van der Waals surface area contributed by atoms with Gasteiger partial charge in [0.05, 0.1) is 23.6 Å².